The monoisotopic (exact) mass is 201 g/mol. The van der Waals surface area contributed by atoms with Crippen molar-refractivity contribution < 1.29 is 0 Å². The second-order valence-corrected chi connectivity index (χ2v) is 3.72. The van der Waals surface area contributed by atoms with Gasteiger partial charge in [-0.2, -0.15) is 0 Å². The van der Waals surface area contributed by atoms with Crippen molar-refractivity contribution in [2.45, 2.75) is 19.9 Å². The Balaban J connectivity index is 2.11. The lowest BCUT2D eigenvalue weighted by Gasteiger charge is -1.99. The average Bonchev–Trinajstić information content (AvgIpc) is 2.69. The second kappa shape index (κ2) is 4.28. The first-order valence-electron chi connectivity index (χ1n) is 5.06. The van der Waals surface area contributed by atoms with Gasteiger partial charge in [0.1, 0.15) is 5.82 Å². The van der Waals surface area contributed by atoms with Crippen LogP contribution in [0.15, 0.2) is 30.5 Å². The molecular weight excluding hydrogens is 186 g/mol. The smallest absolute Gasteiger partial charge is 0.110 e. The van der Waals surface area contributed by atoms with Crippen molar-refractivity contribution >= 4 is 0 Å². The van der Waals surface area contributed by atoms with Gasteiger partial charge in [-0.3, -0.25) is 0 Å². The van der Waals surface area contributed by atoms with Gasteiger partial charge in [-0.1, -0.05) is 29.8 Å². The van der Waals surface area contributed by atoms with Crippen LogP contribution in [0, 0.1) is 6.92 Å². The van der Waals surface area contributed by atoms with Crippen molar-refractivity contribution in [1.29, 1.82) is 0 Å². The number of rotatable bonds is 3. The Morgan fingerprint density at radius 3 is 2.60 bits per heavy atom. The third-order valence-corrected chi connectivity index (χ3v) is 2.39. The first-order chi connectivity index (χ1) is 7.28. The van der Waals surface area contributed by atoms with Crippen molar-refractivity contribution in [3.8, 4) is 0 Å². The van der Waals surface area contributed by atoms with Gasteiger partial charge in [0.05, 0.1) is 0 Å². The van der Waals surface area contributed by atoms with Gasteiger partial charge >= 0.3 is 0 Å². The SMILES string of the molecule is Cc1ccc(Cc2ncc(CN)[nH]2)cc1. The molecule has 0 atom stereocenters. The molecule has 1 aromatic carbocycles. The minimum Gasteiger partial charge on any atom is -0.345 e. The van der Waals surface area contributed by atoms with Crippen LogP contribution in [0.5, 0.6) is 0 Å². The maximum absolute atomic E-state index is 5.51. The number of H-pyrrole nitrogens is 1. The topological polar surface area (TPSA) is 54.7 Å². The zero-order valence-corrected chi connectivity index (χ0v) is 8.83. The molecule has 2 aromatic rings. The fourth-order valence-corrected chi connectivity index (χ4v) is 1.50. The number of benzene rings is 1. The van der Waals surface area contributed by atoms with Crippen LogP contribution in [0.1, 0.15) is 22.6 Å². The van der Waals surface area contributed by atoms with Gasteiger partial charge in [0.25, 0.3) is 0 Å². The van der Waals surface area contributed by atoms with Crippen LogP contribution in [-0.2, 0) is 13.0 Å². The van der Waals surface area contributed by atoms with E-state index in [0.29, 0.717) is 6.54 Å². The lowest BCUT2D eigenvalue weighted by Crippen LogP contribution is -1.97. The number of hydrogen-bond acceptors (Lipinski definition) is 2. The molecule has 0 spiro atoms. The zero-order chi connectivity index (χ0) is 10.7. The van der Waals surface area contributed by atoms with E-state index in [4.69, 9.17) is 5.73 Å². The number of nitrogens with one attached hydrogen (secondary N) is 1. The van der Waals surface area contributed by atoms with Crippen LogP contribution in [-0.4, -0.2) is 9.97 Å². The number of nitrogens with two attached hydrogens (primary N) is 1. The Kier molecular flexibility index (Phi) is 2.83. The molecule has 78 valence electrons. The number of aromatic nitrogens is 2. The summed E-state index contributed by atoms with van der Waals surface area (Å²) in [6.07, 6.45) is 2.63. The van der Waals surface area contributed by atoms with Crippen molar-refractivity contribution in [2.24, 2.45) is 5.73 Å². The highest BCUT2D eigenvalue weighted by Gasteiger charge is 2.00. The van der Waals surface area contributed by atoms with Gasteiger partial charge in [0.15, 0.2) is 0 Å². The van der Waals surface area contributed by atoms with Crippen LogP contribution in [0.3, 0.4) is 0 Å². The summed E-state index contributed by atoms with van der Waals surface area (Å²) in [6.45, 7) is 2.60. The minimum atomic E-state index is 0.515. The van der Waals surface area contributed by atoms with E-state index in [2.05, 4.69) is 41.2 Å². The van der Waals surface area contributed by atoms with Crippen molar-refractivity contribution in [2.75, 3.05) is 0 Å². The summed E-state index contributed by atoms with van der Waals surface area (Å²) in [7, 11) is 0. The third kappa shape index (κ3) is 2.44. The summed E-state index contributed by atoms with van der Waals surface area (Å²) in [5, 5.41) is 0. The molecule has 2 rings (SSSR count). The quantitative estimate of drug-likeness (QED) is 0.795. The van der Waals surface area contributed by atoms with Gasteiger partial charge in [-0.25, -0.2) is 4.98 Å². The minimum absolute atomic E-state index is 0.515. The molecule has 0 fully saturated rings. The number of imidazole rings is 1. The van der Waals surface area contributed by atoms with Gasteiger partial charge < -0.3 is 10.7 Å². The molecule has 0 aliphatic heterocycles. The molecule has 0 bridgehead atoms. The van der Waals surface area contributed by atoms with E-state index < -0.39 is 0 Å². The van der Waals surface area contributed by atoms with Crippen LogP contribution < -0.4 is 5.73 Å². The Morgan fingerprint density at radius 1 is 1.27 bits per heavy atom. The normalized spacial score (nSPS) is 10.5. The van der Waals surface area contributed by atoms with Gasteiger partial charge in [0, 0.05) is 24.9 Å². The summed E-state index contributed by atoms with van der Waals surface area (Å²) >= 11 is 0. The Morgan fingerprint density at radius 2 is 2.00 bits per heavy atom. The molecule has 0 radical (unpaired) electrons. The maximum Gasteiger partial charge on any atom is 0.110 e. The number of hydrogen-bond donors (Lipinski definition) is 2. The van der Waals surface area contributed by atoms with E-state index in [1.54, 1.807) is 6.20 Å². The number of aryl methyl sites for hydroxylation is 1. The molecule has 0 saturated carbocycles. The van der Waals surface area contributed by atoms with Crippen molar-refractivity contribution in [1.82, 2.24) is 9.97 Å². The zero-order valence-electron chi connectivity index (χ0n) is 8.83. The van der Waals surface area contributed by atoms with Crippen LogP contribution in [0.25, 0.3) is 0 Å². The number of nitrogens with zero attached hydrogens (tertiary/aromatic N) is 1. The highest BCUT2D eigenvalue weighted by atomic mass is 14.9. The molecule has 3 nitrogen and oxygen atoms in total. The molecule has 3 heteroatoms. The summed E-state index contributed by atoms with van der Waals surface area (Å²) in [5.74, 6) is 0.972. The Bertz CT molecular complexity index is 428. The van der Waals surface area contributed by atoms with Crippen molar-refractivity contribution in [3.63, 3.8) is 0 Å². The van der Waals surface area contributed by atoms with E-state index >= 15 is 0 Å². The molecule has 1 heterocycles. The average molecular weight is 201 g/mol. The Labute approximate surface area is 89.4 Å². The van der Waals surface area contributed by atoms with E-state index in [-0.39, 0.29) is 0 Å². The lowest BCUT2D eigenvalue weighted by atomic mass is 10.1. The predicted octanol–water partition coefficient (Wildman–Crippen LogP) is 1.77. The van der Waals surface area contributed by atoms with Gasteiger partial charge in [0.2, 0.25) is 0 Å². The Hall–Kier alpha value is -1.61. The molecule has 0 aliphatic carbocycles. The number of aromatic amines is 1. The standard InChI is InChI=1S/C12H15N3/c1-9-2-4-10(5-3-9)6-12-14-8-11(7-13)15-12/h2-5,8H,6-7,13H2,1H3,(H,14,15). The van der Waals surface area contributed by atoms with Gasteiger partial charge in [-0.05, 0) is 12.5 Å². The van der Waals surface area contributed by atoms with Crippen LogP contribution in [0.4, 0.5) is 0 Å². The van der Waals surface area contributed by atoms with Crippen LogP contribution in [0.2, 0.25) is 0 Å². The summed E-state index contributed by atoms with van der Waals surface area (Å²) in [5.41, 5.74) is 9.03. The highest BCUT2D eigenvalue weighted by molar-refractivity contribution is 5.24. The second-order valence-electron chi connectivity index (χ2n) is 3.72. The summed E-state index contributed by atoms with van der Waals surface area (Å²) < 4.78 is 0. The fourth-order valence-electron chi connectivity index (χ4n) is 1.50. The first kappa shape index (κ1) is 9.93. The molecule has 0 unspecified atom stereocenters. The molecule has 0 amide bonds. The molecule has 0 aliphatic rings. The first-order valence-corrected chi connectivity index (χ1v) is 5.06. The van der Waals surface area contributed by atoms with Crippen LogP contribution >= 0.6 is 0 Å². The molecule has 15 heavy (non-hydrogen) atoms. The maximum atomic E-state index is 5.51. The molecule has 1 aromatic heterocycles. The third-order valence-electron chi connectivity index (χ3n) is 2.39. The van der Waals surface area contributed by atoms with Gasteiger partial charge in [-0.15, -0.1) is 0 Å². The lowest BCUT2D eigenvalue weighted by molar-refractivity contribution is 0.967. The largest absolute Gasteiger partial charge is 0.345 e. The van der Waals surface area contributed by atoms with E-state index in [1.807, 2.05) is 0 Å². The van der Waals surface area contributed by atoms with E-state index in [0.717, 1.165) is 17.9 Å². The van der Waals surface area contributed by atoms with E-state index in [1.165, 1.54) is 11.1 Å². The summed E-state index contributed by atoms with van der Waals surface area (Å²) in [4.78, 5) is 7.46. The van der Waals surface area contributed by atoms with Crippen molar-refractivity contribution in [3.05, 3.63) is 53.1 Å². The molecular formula is C12H15N3. The predicted molar refractivity (Wildman–Crippen MR) is 60.5 cm³/mol. The summed E-state index contributed by atoms with van der Waals surface area (Å²) in [6, 6.07) is 8.48. The highest BCUT2D eigenvalue weighted by Crippen LogP contribution is 2.08. The molecule has 0 saturated heterocycles. The molecule has 3 N–H and O–H groups in total. The fraction of sp³-hybridized carbons (Fsp3) is 0.250. The van der Waals surface area contributed by atoms with E-state index in [9.17, 15) is 0 Å².